The van der Waals surface area contributed by atoms with Gasteiger partial charge in [-0.2, -0.15) is 0 Å². The molecule has 0 aliphatic heterocycles. The highest BCUT2D eigenvalue weighted by Gasteiger charge is 2.13. The first kappa shape index (κ1) is 17.4. The summed E-state index contributed by atoms with van der Waals surface area (Å²) in [5, 5.41) is 21.8. The van der Waals surface area contributed by atoms with Crippen LogP contribution in [-0.4, -0.2) is 38.0 Å². The molecule has 2 heterocycles. The molecule has 3 aromatic rings. The average molecular weight is 371 g/mol. The Morgan fingerprint density at radius 1 is 1.15 bits per heavy atom. The Balaban J connectivity index is 1.49. The van der Waals surface area contributed by atoms with Crippen molar-refractivity contribution in [3.63, 3.8) is 0 Å². The van der Waals surface area contributed by atoms with Gasteiger partial charge in [-0.3, -0.25) is 15.1 Å². The molecule has 9 nitrogen and oxygen atoms in total. The molecule has 0 radical (unpaired) electrons. The average Bonchev–Trinajstić information content (AvgIpc) is 3.10. The third kappa shape index (κ3) is 4.80. The number of benzene rings is 1. The van der Waals surface area contributed by atoms with E-state index in [1.807, 2.05) is 0 Å². The number of anilines is 1. The lowest BCUT2D eigenvalue weighted by molar-refractivity contribution is -0.117. The van der Waals surface area contributed by atoms with E-state index < -0.39 is 11.9 Å². The molecular formula is C16H13N5O4S. The van der Waals surface area contributed by atoms with E-state index in [2.05, 4.69) is 25.8 Å². The number of hydrogen-bond acceptors (Lipinski definition) is 8. The van der Waals surface area contributed by atoms with Crippen LogP contribution in [0.5, 0.6) is 5.75 Å². The number of pyridine rings is 1. The van der Waals surface area contributed by atoms with Gasteiger partial charge in [-0.05, 0) is 36.4 Å². The van der Waals surface area contributed by atoms with E-state index in [0.29, 0.717) is 11.3 Å². The SMILES string of the molecule is O=C(CSc1nnc(-c2ccc(O)cc2)o1)NC(=O)Nc1cccnc1. The standard InChI is InChI=1S/C16H13N5O4S/c22-12-5-3-10(4-6-12)14-20-21-16(25-14)26-9-13(23)19-15(24)18-11-2-1-7-17-8-11/h1-8,22H,9H2,(H2,18,19,23,24). The minimum absolute atomic E-state index is 0.0718. The number of carbonyl (C=O) groups is 2. The summed E-state index contributed by atoms with van der Waals surface area (Å²) < 4.78 is 5.43. The largest absolute Gasteiger partial charge is 0.508 e. The molecule has 3 N–H and O–H groups in total. The van der Waals surface area contributed by atoms with Crippen LogP contribution in [-0.2, 0) is 4.79 Å². The van der Waals surface area contributed by atoms with E-state index in [0.717, 1.165) is 11.8 Å². The highest BCUT2D eigenvalue weighted by Crippen LogP contribution is 2.24. The number of hydrogen-bond donors (Lipinski definition) is 3. The van der Waals surface area contributed by atoms with Crippen molar-refractivity contribution in [2.45, 2.75) is 5.22 Å². The minimum Gasteiger partial charge on any atom is -0.508 e. The Kier molecular flexibility index (Phi) is 5.44. The Bertz CT molecular complexity index is 899. The summed E-state index contributed by atoms with van der Waals surface area (Å²) in [6.45, 7) is 0. The second-order valence-corrected chi connectivity index (χ2v) is 5.88. The molecule has 3 rings (SSSR count). The number of nitrogens with zero attached hydrogens (tertiary/aromatic N) is 3. The minimum atomic E-state index is -0.654. The first-order valence-corrected chi connectivity index (χ1v) is 8.35. The zero-order chi connectivity index (χ0) is 18.4. The number of carbonyl (C=O) groups excluding carboxylic acids is 2. The lowest BCUT2D eigenvalue weighted by atomic mass is 10.2. The van der Waals surface area contributed by atoms with Gasteiger partial charge in [0.2, 0.25) is 11.8 Å². The molecule has 0 unspecified atom stereocenters. The van der Waals surface area contributed by atoms with Crippen molar-refractivity contribution in [2.75, 3.05) is 11.1 Å². The number of phenols is 1. The molecule has 0 saturated carbocycles. The molecule has 132 valence electrons. The Morgan fingerprint density at radius 3 is 2.69 bits per heavy atom. The van der Waals surface area contributed by atoms with Crippen LogP contribution < -0.4 is 10.6 Å². The van der Waals surface area contributed by atoms with Crippen molar-refractivity contribution in [1.29, 1.82) is 0 Å². The highest BCUT2D eigenvalue weighted by atomic mass is 32.2. The second-order valence-electron chi connectivity index (χ2n) is 4.95. The maximum Gasteiger partial charge on any atom is 0.325 e. The topological polar surface area (TPSA) is 130 Å². The lowest BCUT2D eigenvalue weighted by Crippen LogP contribution is -2.35. The number of aromatic nitrogens is 3. The quantitative estimate of drug-likeness (QED) is 0.582. The van der Waals surface area contributed by atoms with Crippen LogP contribution in [0, 0.1) is 0 Å². The van der Waals surface area contributed by atoms with E-state index in [9.17, 15) is 14.7 Å². The first-order chi connectivity index (χ1) is 12.6. The van der Waals surface area contributed by atoms with Crippen LogP contribution in [0.1, 0.15) is 0 Å². The zero-order valence-corrected chi connectivity index (χ0v) is 14.1. The van der Waals surface area contributed by atoms with Gasteiger partial charge in [0, 0.05) is 11.8 Å². The van der Waals surface area contributed by atoms with Crippen molar-refractivity contribution in [3.05, 3.63) is 48.8 Å². The molecule has 26 heavy (non-hydrogen) atoms. The molecule has 0 saturated heterocycles. The molecule has 2 aromatic heterocycles. The molecular weight excluding hydrogens is 358 g/mol. The van der Waals surface area contributed by atoms with Gasteiger partial charge in [-0.15, -0.1) is 10.2 Å². The number of rotatable bonds is 5. The summed E-state index contributed by atoms with van der Waals surface area (Å²) in [7, 11) is 0. The third-order valence-corrected chi connectivity index (χ3v) is 3.84. The van der Waals surface area contributed by atoms with Gasteiger partial charge in [-0.1, -0.05) is 11.8 Å². The number of nitrogens with one attached hydrogen (secondary N) is 2. The lowest BCUT2D eigenvalue weighted by Gasteiger charge is -2.05. The number of urea groups is 1. The Hall–Kier alpha value is -3.40. The number of thioether (sulfide) groups is 1. The number of aromatic hydroxyl groups is 1. The Labute approximate surface area is 151 Å². The molecule has 10 heteroatoms. The summed E-state index contributed by atoms with van der Waals surface area (Å²) >= 11 is 1.00. The maximum atomic E-state index is 11.8. The summed E-state index contributed by atoms with van der Waals surface area (Å²) in [5.41, 5.74) is 1.11. The van der Waals surface area contributed by atoms with E-state index >= 15 is 0 Å². The van der Waals surface area contributed by atoms with E-state index in [1.165, 1.54) is 18.3 Å². The van der Waals surface area contributed by atoms with Gasteiger partial charge in [0.05, 0.1) is 17.6 Å². The van der Waals surface area contributed by atoms with E-state index in [1.54, 1.807) is 30.5 Å². The normalized spacial score (nSPS) is 10.3. The number of amides is 3. The molecule has 0 atom stereocenters. The van der Waals surface area contributed by atoms with Gasteiger partial charge in [0.25, 0.3) is 5.22 Å². The van der Waals surface area contributed by atoms with Crippen LogP contribution in [0.3, 0.4) is 0 Å². The monoisotopic (exact) mass is 371 g/mol. The fourth-order valence-corrected chi connectivity index (χ4v) is 2.44. The van der Waals surface area contributed by atoms with Crippen molar-refractivity contribution in [3.8, 4) is 17.2 Å². The van der Waals surface area contributed by atoms with Gasteiger partial charge < -0.3 is 14.8 Å². The van der Waals surface area contributed by atoms with Gasteiger partial charge in [0.15, 0.2) is 0 Å². The molecule has 0 fully saturated rings. The fraction of sp³-hybridized carbons (Fsp3) is 0.0625. The summed E-state index contributed by atoms with van der Waals surface area (Å²) in [5.74, 6) is -0.190. The van der Waals surface area contributed by atoms with Crippen molar-refractivity contribution in [1.82, 2.24) is 20.5 Å². The Morgan fingerprint density at radius 2 is 1.96 bits per heavy atom. The highest BCUT2D eigenvalue weighted by molar-refractivity contribution is 7.99. The first-order valence-electron chi connectivity index (χ1n) is 7.37. The number of phenolic OH excluding ortho intramolecular Hbond substituents is 1. The summed E-state index contributed by atoms with van der Waals surface area (Å²) in [4.78, 5) is 27.4. The van der Waals surface area contributed by atoms with Gasteiger partial charge in [-0.25, -0.2) is 4.79 Å². The third-order valence-electron chi connectivity index (χ3n) is 3.02. The summed E-state index contributed by atoms with van der Waals surface area (Å²) in [6.07, 6.45) is 3.03. The van der Waals surface area contributed by atoms with Gasteiger partial charge in [0.1, 0.15) is 5.75 Å². The molecule has 0 aliphatic carbocycles. The molecule has 0 bridgehead atoms. The van der Waals surface area contributed by atoms with Crippen LogP contribution in [0.4, 0.5) is 10.5 Å². The van der Waals surface area contributed by atoms with Crippen LogP contribution in [0.25, 0.3) is 11.5 Å². The second kappa shape index (κ2) is 8.12. The van der Waals surface area contributed by atoms with E-state index in [4.69, 9.17) is 4.42 Å². The van der Waals surface area contributed by atoms with Crippen molar-refractivity contribution >= 4 is 29.4 Å². The summed E-state index contributed by atoms with van der Waals surface area (Å²) in [6, 6.07) is 8.92. The predicted octanol–water partition coefficient (Wildman–Crippen LogP) is 2.28. The predicted molar refractivity (Wildman–Crippen MR) is 93.5 cm³/mol. The zero-order valence-electron chi connectivity index (χ0n) is 13.2. The molecule has 0 aliphatic rings. The molecule has 1 aromatic carbocycles. The maximum absolute atomic E-state index is 11.8. The fourth-order valence-electron chi connectivity index (χ4n) is 1.88. The van der Waals surface area contributed by atoms with Crippen LogP contribution in [0.15, 0.2) is 58.4 Å². The van der Waals surface area contributed by atoms with Crippen molar-refractivity contribution < 1.29 is 19.1 Å². The van der Waals surface area contributed by atoms with Crippen LogP contribution >= 0.6 is 11.8 Å². The smallest absolute Gasteiger partial charge is 0.325 e. The molecule has 3 amide bonds. The number of imide groups is 1. The van der Waals surface area contributed by atoms with Crippen LogP contribution in [0.2, 0.25) is 0 Å². The van der Waals surface area contributed by atoms with Crippen molar-refractivity contribution in [2.24, 2.45) is 0 Å². The van der Waals surface area contributed by atoms with Gasteiger partial charge >= 0.3 is 6.03 Å². The van der Waals surface area contributed by atoms with E-state index in [-0.39, 0.29) is 22.6 Å². The molecule has 0 spiro atoms.